The molecule has 3 rings (SSSR count). The summed E-state index contributed by atoms with van der Waals surface area (Å²) >= 11 is 6.25. The van der Waals surface area contributed by atoms with Crippen molar-refractivity contribution in [3.8, 4) is 16.9 Å². The zero-order valence-electron chi connectivity index (χ0n) is 13.8. The van der Waals surface area contributed by atoms with Crippen LogP contribution in [-0.4, -0.2) is 21.7 Å². The van der Waals surface area contributed by atoms with Crippen molar-refractivity contribution >= 4 is 17.5 Å². The lowest BCUT2D eigenvalue weighted by molar-refractivity contribution is 0.0935. The lowest BCUT2D eigenvalue weighted by atomic mass is 10.1. The lowest BCUT2D eigenvalue weighted by Crippen LogP contribution is -2.31. The summed E-state index contributed by atoms with van der Waals surface area (Å²) < 4.78 is 14.7. The molecule has 1 heterocycles. The number of halogens is 2. The molecule has 0 saturated heterocycles. The van der Waals surface area contributed by atoms with E-state index in [9.17, 15) is 9.18 Å². The van der Waals surface area contributed by atoms with Gasteiger partial charge in [0.1, 0.15) is 11.5 Å². The van der Waals surface area contributed by atoms with Crippen molar-refractivity contribution in [3.63, 3.8) is 0 Å². The molecule has 1 N–H and O–H groups in total. The summed E-state index contributed by atoms with van der Waals surface area (Å²) in [7, 11) is 0. The van der Waals surface area contributed by atoms with E-state index in [0.29, 0.717) is 22.1 Å². The first-order chi connectivity index (χ1) is 12.0. The summed E-state index contributed by atoms with van der Waals surface area (Å²) in [4.78, 5) is 12.6. The highest BCUT2D eigenvalue weighted by molar-refractivity contribution is 6.33. The Balaban J connectivity index is 2.13. The molecule has 128 valence electrons. The van der Waals surface area contributed by atoms with Gasteiger partial charge in [-0.1, -0.05) is 29.8 Å². The van der Waals surface area contributed by atoms with Crippen LogP contribution in [0.1, 0.15) is 24.3 Å². The van der Waals surface area contributed by atoms with Gasteiger partial charge < -0.3 is 5.32 Å². The van der Waals surface area contributed by atoms with Crippen molar-refractivity contribution < 1.29 is 9.18 Å². The molecule has 4 nitrogen and oxygen atoms in total. The highest BCUT2D eigenvalue weighted by Gasteiger charge is 2.19. The van der Waals surface area contributed by atoms with Crippen molar-refractivity contribution in [2.75, 3.05) is 0 Å². The molecular weight excluding hydrogens is 341 g/mol. The van der Waals surface area contributed by atoms with E-state index in [1.807, 2.05) is 32.0 Å². The molecule has 0 aliphatic carbocycles. The molecule has 0 atom stereocenters. The van der Waals surface area contributed by atoms with E-state index >= 15 is 0 Å². The van der Waals surface area contributed by atoms with Crippen LogP contribution in [-0.2, 0) is 0 Å². The van der Waals surface area contributed by atoms with Crippen LogP contribution in [0.5, 0.6) is 0 Å². The third-order valence-corrected chi connectivity index (χ3v) is 3.91. The van der Waals surface area contributed by atoms with Crippen LogP contribution in [0.15, 0.2) is 54.6 Å². The Morgan fingerprint density at radius 3 is 2.48 bits per heavy atom. The number of benzene rings is 2. The Labute approximate surface area is 150 Å². The van der Waals surface area contributed by atoms with Gasteiger partial charge in [0.05, 0.1) is 16.4 Å². The first kappa shape index (κ1) is 17.2. The second-order valence-electron chi connectivity index (χ2n) is 5.91. The minimum Gasteiger partial charge on any atom is -0.349 e. The molecule has 1 amide bonds. The van der Waals surface area contributed by atoms with Crippen LogP contribution in [0.25, 0.3) is 16.9 Å². The Kier molecular flexibility index (Phi) is 4.86. The van der Waals surface area contributed by atoms with Gasteiger partial charge in [-0.2, -0.15) is 5.10 Å². The van der Waals surface area contributed by atoms with Crippen molar-refractivity contribution in [1.29, 1.82) is 0 Å². The molecule has 2 aromatic carbocycles. The van der Waals surface area contributed by atoms with E-state index in [1.165, 1.54) is 16.8 Å². The van der Waals surface area contributed by atoms with E-state index < -0.39 is 0 Å². The second-order valence-corrected chi connectivity index (χ2v) is 6.32. The van der Waals surface area contributed by atoms with Crippen molar-refractivity contribution in [2.24, 2.45) is 0 Å². The highest BCUT2D eigenvalue weighted by Crippen LogP contribution is 2.28. The smallest absolute Gasteiger partial charge is 0.270 e. The van der Waals surface area contributed by atoms with Crippen LogP contribution in [0.4, 0.5) is 4.39 Å². The topological polar surface area (TPSA) is 46.9 Å². The molecule has 0 radical (unpaired) electrons. The summed E-state index contributed by atoms with van der Waals surface area (Å²) in [5, 5.41) is 7.92. The first-order valence-corrected chi connectivity index (χ1v) is 8.25. The number of hydrogen-bond acceptors (Lipinski definition) is 2. The molecule has 0 fully saturated rings. The van der Waals surface area contributed by atoms with E-state index in [4.69, 9.17) is 11.6 Å². The maximum Gasteiger partial charge on any atom is 0.270 e. The number of amides is 1. The fourth-order valence-corrected chi connectivity index (χ4v) is 2.69. The van der Waals surface area contributed by atoms with Crippen LogP contribution >= 0.6 is 11.6 Å². The summed E-state index contributed by atoms with van der Waals surface area (Å²) in [6.07, 6.45) is 0. The number of nitrogens with zero attached hydrogens (tertiary/aromatic N) is 2. The summed E-state index contributed by atoms with van der Waals surface area (Å²) in [5.74, 6) is -0.611. The number of rotatable bonds is 4. The Morgan fingerprint density at radius 1 is 1.16 bits per heavy atom. The SMILES string of the molecule is CC(C)NC(=O)c1cc(-c2ccccc2Cl)nn1-c1ccc(F)cc1. The van der Waals surface area contributed by atoms with Gasteiger partial charge in [0, 0.05) is 11.6 Å². The fourth-order valence-electron chi connectivity index (χ4n) is 2.46. The molecule has 1 aromatic heterocycles. The van der Waals surface area contributed by atoms with Gasteiger partial charge in [0.2, 0.25) is 0 Å². The average Bonchev–Trinajstić information content (AvgIpc) is 3.00. The summed E-state index contributed by atoms with van der Waals surface area (Å²) in [5.41, 5.74) is 2.25. The quantitative estimate of drug-likeness (QED) is 0.748. The molecule has 6 heteroatoms. The lowest BCUT2D eigenvalue weighted by Gasteiger charge is -2.10. The third-order valence-electron chi connectivity index (χ3n) is 3.58. The van der Waals surface area contributed by atoms with Crippen molar-refractivity contribution in [3.05, 3.63) is 71.1 Å². The average molecular weight is 358 g/mol. The number of carbonyl (C=O) groups excluding carboxylic acids is 1. The number of aromatic nitrogens is 2. The molecule has 0 aliphatic rings. The molecule has 0 saturated carbocycles. The zero-order chi connectivity index (χ0) is 18.0. The monoisotopic (exact) mass is 357 g/mol. The molecule has 25 heavy (non-hydrogen) atoms. The zero-order valence-corrected chi connectivity index (χ0v) is 14.6. The predicted molar refractivity (Wildman–Crippen MR) is 96.6 cm³/mol. The van der Waals surface area contributed by atoms with E-state index in [2.05, 4.69) is 10.4 Å². The van der Waals surface area contributed by atoms with Crippen LogP contribution in [0.3, 0.4) is 0 Å². The minimum absolute atomic E-state index is 0.0205. The van der Waals surface area contributed by atoms with Crippen molar-refractivity contribution in [1.82, 2.24) is 15.1 Å². The Morgan fingerprint density at radius 2 is 1.84 bits per heavy atom. The summed E-state index contributed by atoms with van der Waals surface area (Å²) in [6, 6.07) is 14.8. The highest BCUT2D eigenvalue weighted by atomic mass is 35.5. The number of nitrogens with one attached hydrogen (secondary N) is 1. The maximum absolute atomic E-state index is 13.2. The molecule has 0 unspecified atom stereocenters. The standard InChI is InChI=1S/C19H17ClFN3O/c1-12(2)22-19(25)18-11-17(15-5-3-4-6-16(15)20)23-24(18)14-9-7-13(21)8-10-14/h3-12H,1-2H3,(H,22,25). The largest absolute Gasteiger partial charge is 0.349 e. The van der Waals surface area contributed by atoms with E-state index in [-0.39, 0.29) is 17.8 Å². The maximum atomic E-state index is 13.2. The second kappa shape index (κ2) is 7.07. The third kappa shape index (κ3) is 3.72. The van der Waals surface area contributed by atoms with Gasteiger partial charge in [-0.15, -0.1) is 0 Å². The van der Waals surface area contributed by atoms with Crippen LogP contribution < -0.4 is 5.32 Å². The van der Waals surface area contributed by atoms with Crippen LogP contribution in [0, 0.1) is 5.82 Å². The van der Waals surface area contributed by atoms with E-state index in [0.717, 1.165) is 5.56 Å². The van der Waals surface area contributed by atoms with E-state index in [1.54, 1.807) is 24.3 Å². The summed E-state index contributed by atoms with van der Waals surface area (Å²) in [6.45, 7) is 3.76. The number of hydrogen-bond donors (Lipinski definition) is 1. The van der Waals surface area contributed by atoms with Crippen molar-refractivity contribution in [2.45, 2.75) is 19.9 Å². The number of carbonyl (C=O) groups is 1. The van der Waals surface area contributed by atoms with Gasteiger partial charge in [-0.05, 0) is 50.2 Å². The molecule has 0 bridgehead atoms. The Hall–Kier alpha value is -2.66. The van der Waals surface area contributed by atoms with Gasteiger partial charge in [-0.3, -0.25) is 4.79 Å². The Bertz CT molecular complexity index is 903. The van der Waals surface area contributed by atoms with Gasteiger partial charge >= 0.3 is 0 Å². The van der Waals surface area contributed by atoms with Gasteiger partial charge in [-0.25, -0.2) is 9.07 Å². The van der Waals surface area contributed by atoms with Gasteiger partial charge in [0.25, 0.3) is 5.91 Å². The van der Waals surface area contributed by atoms with Crippen LogP contribution in [0.2, 0.25) is 5.02 Å². The molecule has 0 aliphatic heterocycles. The normalized spacial score (nSPS) is 10.9. The molecule has 0 spiro atoms. The molecular formula is C19H17ClFN3O. The predicted octanol–water partition coefficient (Wildman–Crippen LogP) is 4.47. The first-order valence-electron chi connectivity index (χ1n) is 7.87. The fraction of sp³-hybridized carbons (Fsp3) is 0.158. The minimum atomic E-state index is -0.351. The molecule has 3 aromatic rings. The van der Waals surface area contributed by atoms with Gasteiger partial charge in [0.15, 0.2) is 0 Å².